The highest BCUT2D eigenvalue weighted by molar-refractivity contribution is 6.39. The van der Waals surface area contributed by atoms with E-state index in [9.17, 15) is 0 Å². The summed E-state index contributed by atoms with van der Waals surface area (Å²) >= 11 is 12.4. The molecule has 0 atom stereocenters. The number of pyridine rings is 1. The highest BCUT2D eigenvalue weighted by atomic mass is 35.5. The number of anilines is 1. The molecule has 0 unspecified atom stereocenters. The van der Waals surface area contributed by atoms with E-state index in [1.807, 2.05) is 6.07 Å². The van der Waals surface area contributed by atoms with E-state index in [-0.39, 0.29) is 0 Å². The number of benzene rings is 1. The van der Waals surface area contributed by atoms with E-state index in [0.29, 0.717) is 16.0 Å². The van der Waals surface area contributed by atoms with Crippen molar-refractivity contribution in [2.75, 3.05) is 11.9 Å². The van der Waals surface area contributed by atoms with Crippen LogP contribution in [0.4, 0.5) is 5.69 Å². The number of rotatable bonds is 4. The molecule has 4 heteroatoms. The zero-order valence-corrected chi connectivity index (χ0v) is 12.9. The molecular weight excluding hydrogens is 279 g/mol. The predicted molar refractivity (Wildman–Crippen MR) is 84.5 cm³/mol. The molecule has 0 saturated heterocycles. The summed E-state index contributed by atoms with van der Waals surface area (Å²) in [6.07, 6.45) is 0.943. The largest absolute Gasteiger partial charge is 0.385 e. The lowest BCUT2D eigenvalue weighted by atomic mass is 10.1. The Morgan fingerprint density at radius 2 is 1.95 bits per heavy atom. The normalized spacial score (nSPS) is 11.3. The third kappa shape index (κ3) is 3.31. The molecule has 0 spiro atoms. The summed E-state index contributed by atoms with van der Waals surface area (Å²) in [5.74, 6) is 0.564. The lowest BCUT2D eigenvalue weighted by Crippen LogP contribution is -2.03. The number of hydrogen-bond acceptors (Lipinski definition) is 2. The quantitative estimate of drug-likeness (QED) is 0.842. The van der Waals surface area contributed by atoms with Crippen LogP contribution in [0.3, 0.4) is 0 Å². The molecule has 0 aliphatic rings. The molecule has 0 amide bonds. The Labute approximate surface area is 124 Å². The van der Waals surface area contributed by atoms with Crippen LogP contribution < -0.4 is 5.32 Å². The fraction of sp³-hybridized carbons (Fsp3) is 0.400. The Morgan fingerprint density at radius 3 is 2.58 bits per heavy atom. The van der Waals surface area contributed by atoms with Gasteiger partial charge in [-0.25, -0.2) is 0 Å². The second-order valence-corrected chi connectivity index (χ2v) is 5.91. The fourth-order valence-corrected chi connectivity index (χ4v) is 2.78. The lowest BCUT2D eigenvalue weighted by Gasteiger charge is -2.13. The van der Waals surface area contributed by atoms with Crippen LogP contribution in [-0.2, 0) is 6.42 Å². The van der Waals surface area contributed by atoms with Gasteiger partial charge in [-0.05, 0) is 37.5 Å². The summed E-state index contributed by atoms with van der Waals surface area (Å²) in [5.41, 5.74) is 2.95. The second kappa shape index (κ2) is 5.98. The van der Waals surface area contributed by atoms with Crippen LogP contribution in [0.1, 0.15) is 26.5 Å². The van der Waals surface area contributed by atoms with Gasteiger partial charge < -0.3 is 5.32 Å². The van der Waals surface area contributed by atoms with Crippen LogP contribution in [0, 0.1) is 5.92 Å². The van der Waals surface area contributed by atoms with Gasteiger partial charge in [0.25, 0.3) is 0 Å². The molecule has 19 heavy (non-hydrogen) atoms. The lowest BCUT2D eigenvalue weighted by molar-refractivity contribution is 0.637. The zero-order chi connectivity index (χ0) is 14.0. The van der Waals surface area contributed by atoms with Gasteiger partial charge in [0, 0.05) is 28.3 Å². The van der Waals surface area contributed by atoms with Gasteiger partial charge in [0.2, 0.25) is 0 Å². The van der Waals surface area contributed by atoms with Gasteiger partial charge in [-0.3, -0.25) is 4.98 Å². The summed E-state index contributed by atoms with van der Waals surface area (Å²) in [6, 6.07) is 5.72. The molecule has 0 bridgehead atoms. The summed E-state index contributed by atoms with van der Waals surface area (Å²) in [5, 5.41) is 5.56. The average molecular weight is 297 g/mol. The van der Waals surface area contributed by atoms with E-state index in [2.05, 4.69) is 37.1 Å². The SMILES string of the molecule is CCNc1cc(CC(C)C)nc2cc(Cl)cc(Cl)c12. The number of aromatic nitrogens is 1. The topological polar surface area (TPSA) is 24.9 Å². The van der Waals surface area contributed by atoms with Crippen molar-refractivity contribution in [3.05, 3.63) is 33.9 Å². The molecule has 102 valence electrons. The molecule has 0 fully saturated rings. The van der Waals surface area contributed by atoms with E-state index in [1.165, 1.54) is 0 Å². The Bertz CT molecular complexity index is 594. The van der Waals surface area contributed by atoms with Crippen LogP contribution >= 0.6 is 23.2 Å². The molecule has 0 radical (unpaired) electrons. The molecular formula is C15H18Cl2N2. The maximum atomic E-state index is 6.30. The molecule has 0 aliphatic heterocycles. The predicted octanol–water partition coefficient (Wildman–Crippen LogP) is 5.17. The molecule has 2 rings (SSSR count). The van der Waals surface area contributed by atoms with Crippen LogP contribution in [0.15, 0.2) is 18.2 Å². The van der Waals surface area contributed by atoms with Gasteiger partial charge in [-0.15, -0.1) is 0 Å². The van der Waals surface area contributed by atoms with Gasteiger partial charge in [0.15, 0.2) is 0 Å². The first kappa shape index (κ1) is 14.4. The first-order chi connectivity index (χ1) is 9.01. The Hall–Kier alpha value is -0.990. The monoisotopic (exact) mass is 296 g/mol. The molecule has 1 aromatic heterocycles. The first-order valence-corrected chi connectivity index (χ1v) is 7.29. The smallest absolute Gasteiger partial charge is 0.0755 e. The van der Waals surface area contributed by atoms with Gasteiger partial charge in [0.05, 0.1) is 10.5 Å². The van der Waals surface area contributed by atoms with Gasteiger partial charge in [-0.1, -0.05) is 37.0 Å². The van der Waals surface area contributed by atoms with Crippen LogP contribution in [-0.4, -0.2) is 11.5 Å². The standard InChI is InChI=1S/C15H18Cl2N2/c1-4-18-13-8-11(5-9(2)3)19-14-7-10(16)6-12(17)15(13)14/h6-9H,4-5H2,1-3H3,(H,18,19). The second-order valence-electron chi connectivity index (χ2n) is 5.07. The first-order valence-electron chi connectivity index (χ1n) is 6.53. The Kier molecular flexibility index (Phi) is 4.54. The maximum Gasteiger partial charge on any atom is 0.0755 e. The number of hydrogen-bond donors (Lipinski definition) is 1. The van der Waals surface area contributed by atoms with E-state index >= 15 is 0 Å². The van der Waals surface area contributed by atoms with Crippen LogP contribution in [0.2, 0.25) is 10.0 Å². The van der Waals surface area contributed by atoms with E-state index in [1.54, 1.807) is 6.07 Å². The van der Waals surface area contributed by atoms with E-state index in [0.717, 1.165) is 35.2 Å². The summed E-state index contributed by atoms with van der Waals surface area (Å²) < 4.78 is 0. The minimum Gasteiger partial charge on any atom is -0.385 e. The number of fused-ring (bicyclic) bond motifs is 1. The van der Waals surface area contributed by atoms with Crippen molar-refractivity contribution in [3.63, 3.8) is 0 Å². The van der Waals surface area contributed by atoms with Crippen LogP contribution in [0.5, 0.6) is 0 Å². The molecule has 1 aromatic carbocycles. The van der Waals surface area contributed by atoms with Gasteiger partial charge in [-0.2, -0.15) is 0 Å². The molecule has 1 N–H and O–H groups in total. The van der Waals surface area contributed by atoms with E-state index < -0.39 is 0 Å². The molecule has 1 heterocycles. The number of nitrogens with zero attached hydrogens (tertiary/aromatic N) is 1. The summed E-state index contributed by atoms with van der Waals surface area (Å²) in [4.78, 5) is 4.67. The Balaban J connectivity index is 2.64. The van der Waals surface area contributed by atoms with Crippen molar-refractivity contribution in [3.8, 4) is 0 Å². The van der Waals surface area contributed by atoms with Crippen molar-refractivity contribution in [2.24, 2.45) is 5.92 Å². The number of halogens is 2. The zero-order valence-electron chi connectivity index (χ0n) is 11.4. The third-order valence-corrected chi connectivity index (χ3v) is 3.38. The van der Waals surface area contributed by atoms with E-state index in [4.69, 9.17) is 23.2 Å². The van der Waals surface area contributed by atoms with Crippen molar-refractivity contribution < 1.29 is 0 Å². The van der Waals surface area contributed by atoms with Crippen molar-refractivity contribution in [1.82, 2.24) is 4.98 Å². The minimum atomic E-state index is 0.564. The average Bonchev–Trinajstić information content (AvgIpc) is 2.26. The van der Waals surface area contributed by atoms with Gasteiger partial charge >= 0.3 is 0 Å². The highest BCUT2D eigenvalue weighted by Crippen LogP contribution is 2.33. The van der Waals surface area contributed by atoms with Crippen molar-refractivity contribution in [1.29, 1.82) is 0 Å². The Morgan fingerprint density at radius 1 is 1.21 bits per heavy atom. The van der Waals surface area contributed by atoms with Crippen LogP contribution in [0.25, 0.3) is 10.9 Å². The molecule has 0 aliphatic carbocycles. The third-order valence-electron chi connectivity index (χ3n) is 2.86. The molecule has 2 nitrogen and oxygen atoms in total. The highest BCUT2D eigenvalue weighted by Gasteiger charge is 2.11. The summed E-state index contributed by atoms with van der Waals surface area (Å²) in [7, 11) is 0. The maximum absolute atomic E-state index is 6.30. The van der Waals surface area contributed by atoms with Crippen molar-refractivity contribution in [2.45, 2.75) is 27.2 Å². The van der Waals surface area contributed by atoms with Gasteiger partial charge in [0.1, 0.15) is 0 Å². The molecule has 2 aromatic rings. The summed E-state index contributed by atoms with van der Waals surface area (Å²) in [6.45, 7) is 7.28. The molecule has 0 saturated carbocycles. The minimum absolute atomic E-state index is 0.564. The van der Waals surface area contributed by atoms with Crippen molar-refractivity contribution >= 4 is 39.8 Å². The number of nitrogens with one attached hydrogen (secondary N) is 1. The fourth-order valence-electron chi connectivity index (χ4n) is 2.19.